The van der Waals surface area contributed by atoms with E-state index in [1.807, 2.05) is 24.3 Å². The van der Waals surface area contributed by atoms with Gasteiger partial charge in [0.2, 0.25) is 0 Å². The van der Waals surface area contributed by atoms with Gasteiger partial charge in [-0.15, -0.1) is 0 Å². The molecular weight excluding hydrogens is 452 g/mol. The second-order valence-electron chi connectivity index (χ2n) is 8.04. The summed E-state index contributed by atoms with van der Waals surface area (Å²) in [4.78, 5) is 23.9. The van der Waals surface area contributed by atoms with Gasteiger partial charge in [0, 0.05) is 40.8 Å². The maximum atomic E-state index is 12.7. The van der Waals surface area contributed by atoms with E-state index < -0.39 is 0 Å². The highest BCUT2D eigenvalue weighted by molar-refractivity contribution is 6.31. The number of carbonyl (C=O) groups excluding carboxylic acids is 1. The molecule has 0 spiro atoms. The monoisotopic (exact) mass is 474 g/mol. The van der Waals surface area contributed by atoms with Crippen molar-refractivity contribution in [1.82, 2.24) is 9.97 Å². The number of amides is 1. The molecule has 1 aliphatic rings. The van der Waals surface area contributed by atoms with Crippen LogP contribution in [0, 0.1) is 0 Å². The molecule has 0 radical (unpaired) electrons. The van der Waals surface area contributed by atoms with Crippen molar-refractivity contribution in [1.29, 1.82) is 0 Å². The van der Waals surface area contributed by atoms with Gasteiger partial charge in [0.05, 0.1) is 19.7 Å². The summed E-state index contributed by atoms with van der Waals surface area (Å²) in [5.41, 5.74) is 4.45. The number of nitrogens with one attached hydrogen (secondary N) is 1. The van der Waals surface area contributed by atoms with Crippen LogP contribution in [-0.4, -0.2) is 36.6 Å². The maximum absolute atomic E-state index is 12.7. The highest BCUT2D eigenvalue weighted by Crippen LogP contribution is 2.36. The van der Waals surface area contributed by atoms with Gasteiger partial charge in [-0.2, -0.15) is 0 Å². The number of anilines is 2. The van der Waals surface area contributed by atoms with Crippen LogP contribution >= 0.6 is 11.6 Å². The van der Waals surface area contributed by atoms with E-state index >= 15 is 0 Å². The van der Waals surface area contributed by atoms with E-state index in [2.05, 4.69) is 26.3 Å². The molecule has 4 aromatic rings. The molecule has 0 unspecified atom stereocenters. The largest absolute Gasteiger partial charge is 0.493 e. The number of nitrogens with zero attached hydrogens (tertiary/aromatic N) is 3. The maximum Gasteiger partial charge on any atom is 0.255 e. The third-order valence-corrected chi connectivity index (χ3v) is 6.22. The highest BCUT2D eigenvalue weighted by atomic mass is 35.5. The first kappa shape index (κ1) is 22.0. The molecule has 5 rings (SSSR count). The topological polar surface area (TPSA) is 76.6 Å². The van der Waals surface area contributed by atoms with Crippen molar-refractivity contribution in [3.05, 3.63) is 82.6 Å². The highest BCUT2D eigenvalue weighted by Gasteiger charge is 2.21. The fraction of sp³-hybridized carbons (Fsp3) is 0.192. The first-order chi connectivity index (χ1) is 16.6. The van der Waals surface area contributed by atoms with E-state index in [4.69, 9.17) is 21.1 Å². The minimum Gasteiger partial charge on any atom is -0.493 e. The predicted octanol–water partition coefficient (Wildman–Crippen LogP) is 5.12. The molecule has 0 saturated heterocycles. The zero-order chi connectivity index (χ0) is 23.7. The number of rotatable bonds is 5. The average molecular weight is 475 g/mol. The lowest BCUT2D eigenvalue weighted by Crippen LogP contribution is -2.31. The van der Waals surface area contributed by atoms with Gasteiger partial charge < -0.3 is 19.7 Å². The van der Waals surface area contributed by atoms with Gasteiger partial charge in [-0.3, -0.25) is 4.79 Å². The van der Waals surface area contributed by atoms with Gasteiger partial charge in [-0.1, -0.05) is 23.7 Å². The Bertz CT molecular complexity index is 1390. The Morgan fingerprint density at radius 3 is 2.62 bits per heavy atom. The molecular formula is C26H23ClN4O3. The summed E-state index contributed by atoms with van der Waals surface area (Å²) in [6, 6.07) is 16.7. The Labute approximate surface area is 202 Å². The molecule has 8 heteroatoms. The minimum absolute atomic E-state index is 0.196. The molecule has 0 bridgehead atoms. The van der Waals surface area contributed by atoms with Crippen LogP contribution in [0.5, 0.6) is 11.5 Å². The number of carbonyl (C=O) groups is 1. The molecule has 0 fully saturated rings. The molecule has 1 aromatic heterocycles. The summed E-state index contributed by atoms with van der Waals surface area (Å²) in [7, 11) is 3.22. The van der Waals surface area contributed by atoms with Crippen molar-refractivity contribution in [2.45, 2.75) is 13.0 Å². The molecule has 172 valence electrons. The van der Waals surface area contributed by atoms with Crippen molar-refractivity contribution in [2.75, 3.05) is 31.0 Å². The first-order valence-electron chi connectivity index (χ1n) is 10.9. The smallest absolute Gasteiger partial charge is 0.255 e. The number of hydrogen-bond donors (Lipinski definition) is 1. The molecule has 7 nitrogen and oxygen atoms in total. The zero-order valence-corrected chi connectivity index (χ0v) is 19.6. The number of aromatic nitrogens is 2. The second-order valence-corrected chi connectivity index (χ2v) is 8.48. The van der Waals surface area contributed by atoms with Crippen molar-refractivity contribution in [3.63, 3.8) is 0 Å². The van der Waals surface area contributed by atoms with Crippen LogP contribution in [0.15, 0.2) is 60.9 Å². The summed E-state index contributed by atoms with van der Waals surface area (Å²) < 4.78 is 10.9. The Kier molecular flexibility index (Phi) is 5.94. The van der Waals surface area contributed by atoms with Crippen LogP contribution in [-0.2, 0) is 13.0 Å². The minimum atomic E-state index is -0.196. The van der Waals surface area contributed by atoms with E-state index in [1.54, 1.807) is 44.8 Å². The lowest BCUT2D eigenvalue weighted by atomic mass is 9.98. The average Bonchev–Trinajstić information content (AvgIpc) is 2.87. The fourth-order valence-electron chi connectivity index (χ4n) is 4.27. The standard InChI is InChI=1S/C26H23ClN4O3/c1-33-23-12-21-22(13-24(23)34-2)28-15-29-25(21)31-9-8-16-6-7-20(11-18(16)14-31)30-26(32)17-4-3-5-19(27)10-17/h3-7,10-13,15H,8-9,14H2,1-2H3,(H,30,32). The summed E-state index contributed by atoms with van der Waals surface area (Å²) in [5.74, 6) is 1.90. The fourth-order valence-corrected chi connectivity index (χ4v) is 4.46. The molecule has 2 heterocycles. The van der Waals surface area contributed by atoms with Crippen LogP contribution in [0.3, 0.4) is 0 Å². The van der Waals surface area contributed by atoms with Crippen LogP contribution in [0.2, 0.25) is 5.02 Å². The first-order valence-corrected chi connectivity index (χ1v) is 11.2. The van der Waals surface area contributed by atoms with Crippen LogP contribution < -0.4 is 19.7 Å². The van der Waals surface area contributed by atoms with Crippen LogP contribution in [0.4, 0.5) is 11.5 Å². The SMILES string of the molecule is COc1cc2ncnc(N3CCc4ccc(NC(=O)c5cccc(Cl)c5)cc4C3)c2cc1OC. The van der Waals surface area contributed by atoms with Gasteiger partial charge in [0.25, 0.3) is 5.91 Å². The predicted molar refractivity (Wildman–Crippen MR) is 133 cm³/mol. The summed E-state index contributed by atoms with van der Waals surface area (Å²) in [6.45, 7) is 1.48. The van der Waals surface area contributed by atoms with Crippen molar-refractivity contribution in [3.8, 4) is 11.5 Å². The molecule has 1 amide bonds. The van der Waals surface area contributed by atoms with Gasteiger partial charge in [0.15, 0.2) is 11.5 Å². The third-order valence-electron chi connectivity index (χ3n) is 5.98. The van der Waals surface area contributed by atoms with Gasteiger partial charge in [-0.05, 0) is 53.9 Å². The van der Waals surface area contributed by atoms with Gasteiger partial charge in [0.1, 0.15) is 12.1 Å². The van der Waals surface area contributed by atoms with E-state index in [9.17, 15) is 4.79 Å². The van der Waals surface area contributed by atoms with Crippen molar-refractivity contribution >= 4 is 39.9 Å². The summed E-state index contributed by atoms with van der Waals surface area (Å²) >= 11 is 6.03. The van der Waals surface area contributed by atoms with E-state index in [-0.39, 0.29) is 5.91 Å². The molecule has 0 saturated carbocycles. The van der Waals surface area contributed by atoms with E-state index in [0.717, 1.165) is 40.9 Å². The number of hydrogen-bond acceptors (Lipinski definition) is 6. The van der Waals surface area contributed by atoms with Crippen LogP contribution in [0.25, 0.3) is 10.9 Å². The van der Waals surface area contributed by atoms with E-state index in [1.165, 1.54) is 5.56 Å². The third kappa shape index (κ3) is 4.22. The number of benzene rings is 3. The molecule has 1 aliphatic heterocycles. The Hall–Kier alpha value is -3.84. The van der Waals surface area contributed by atoms with Crippen molar-refractivity contribution in [2.24, 2.45) is 0 Å². The summed E-state index contributed by atoms with van der Waals surface area (Å²) in [6.07, 6.45) is 2.44. The summed E-state index contributed by atoms with van der Waals surface area (Å²) in [5, 5.41) is 4.40. The quantitative estimate of drug-likeness (QED) is 0.433. The molecule has 0 aliphatic carbocycles. The number of halogens is 1. The molecule has 1 N–H and O–H groups in total. The van der Waals surface area contributed by atoms with Gasteiger partial charge in [-0.25, -0.2) is 9.97 Å². The number of fused-ring (bicyclic) bond motifs is 2. The number of ether oxygens (including phenoxy) is 2. The zero-order valence-electron chi connectivity index (χ0n) is 18.8. The Balaban J connectivity index is 1.43. The normalized spacial score (nSPS) is 12.9. The Morgan fingerprint density at radius 1 is 1.00 bits per heavy atom. The van der Waals surface area contributed by atoms with Crippen molar-refractivity contribution < 1.29 is 14.3 Å². The molecule has 3 aromatic carbocycles. The lowest BCUT2D eigenvalue weighted by molar-refractivity contribution is 0.102. The lowest BCUT2D eigenvalue weighted by Gasteiger charge is -2.31. The molecule has 34 heavy (non-hydrogen) atoms. The molecule has 0 atom stereocenters. The van der Waals surface area contributed by atoms with Gasteiger partial charge >= 0.3 is 0 Å². The number of methoxy groups -OCH3 is 2. The van der Waals surface area contributed by atoms with Crippen LogP contribution in [0.1, 0.15) is 21.5 Å². The second kappa shape index (κ2) is 9.19. The Morgan fingerprint density at radius 2 is 1.82 bits per heavy atom. The van der Waals surface area contributed by atoms with E-state index in [0.29, 0.717) is 28.6 Å².